The van der Waals surface area contributed by atoms with E-state index >= 15 is 0 Å². The predicted molar refractivity (Wildman–Crippen MR) is 75.4 cm³/mol. The molecule has 0 aliphatic rings. The standard InChI is InChI=1S/C15H25NO2/c1-5-10-18-14-9-8-13(11-15(14)17-4)12-16(6-2)7-3/h8-9,11H,5-7,10,12H2,1-4H3. The normalized spacial score (nSPS) is 10.7. The molecular formula is C15H25NO2. The zero-order valence-corrected chi connectivity index (χ0v) is 12.0. The molecule has 0 bridgehead atoms. The zero-order chi connectivity index (χ0) is 13.4. The van der Waals surface area contributed by atoms with Crippen LogP contribution in [0.4, 0.5) is 0 Å². The lowest BCUT2D eigenvalue weighted by Gasteiger charge is -2.19. The van der Waals surface area contributed by atoms with Gasteiger partial charge < -0.3 is 9.47 Å². The van der Waals surface area contributed by atoms with Crippen molar-refractivity contribution in [3.63, 3.8) is 0 Å². The summed E-state index contributed by atoms with van der Waals surface area (Å²) in [5.74, 6) is 1.66. The fourth-order valence-corrected chi connectivity index (χ4v) is 1.85. The average Bonchev–Trinajstić information content (AvgIpc) is 2.42. The third-order valence-electron chi connectivity index (χ3n) is 2.99. The fourth-order valence-electron chi connectivity index (χ4n) is 1.85. The van der Waals surface area contributed by atoms with E-state index in [2.05, 4.69) is 37.8 Å². The molecule has 0 saturated carbocycles. The molecule has 0 aliphatic carbocycles. The molecule has 0 aliphatic heterocycles. The number of benzene rings is 1. The molecule has 0 amide bonds. The molecule has 3 nitrogen and oxygen atoms in total. The number of ether oxygens (including phenoxy) is 2. The van der Waals surface area contributed by atoms with E-state index in [-0.39, 0.29) is 0 Å². The monoisotopic (exact) mass is 251 g/mol. The first kappa shape index (κ1) is 14.8. The summed E-state index contributed by atoms with van der Waals surface area (Å²) < 4.78 is 11.0. The van der Waals surface area contributed by atoms with Crippen molar-refractivity contribution in [2.24, 2.45) is 0 Å². The summed E-state index contributed by atoms with van der Waals surface area (Å²) in [6.45, 7) is 10.3. The Morgan fingerprint density at radius 2 is 1.78 bits per heavy atom. The summed E-state index contributed by atoms with van der Waals surface area (Å²) in [6, 6.07) is 6.20. The maximum atomic E-state index is 5.65. The van der Waals surface area contributed by atoms with Crippen molar-refractivity contribution in [2.75, 3.05) is 26.8 Å². The Labute approximate surface area is 111 Å². The van der Waals surface area contributed by atoms with E-state index in [0.717, 1.165) is 44.2 Å². The first-order valence-corrected chi connectivity index (χ1v) is 6.77. The largest absolute Gasteiger partial charge is 0.493 e. The minimum atomic E-state index is 0.728. The number of hydrogen-bond acceptors (Lipinski definition) is 3. The molecule has 0 heterocycles. The van der Waals surface area contributed by atoms with E-state index in [9.17, 15) is 0 Å². The van der Waals surface area contributed by atoms with Crippen LogP contribution in [-0.2, 0) is 6.54 Å². The lowest BCUT2D eigenvalue weighted by Crippen LogP contribution is -2.22. The Bertz CT molecular complexity index is 348. The molecule has 102 valence electrons. The predicted octanol–water partition coefficient (Wildman–Crippen LogP) is 3.33. The van der Waals surface area contributed by atoms with Gasteiger partial charge in [0.15, 0.2) is 11.5 Å². The first-order chi connectivity index (χ1) is 8.74. The van der Waals surface area contributed by atoms with Crippen LogP contribution in [-0.4, -0.2) is 31.7 Å². The van der Waals surface area contributed by atoms with Crippen LogP contribution in [0, 0.1) is 0 Å². The highest BCUT2D eigenvalue weighted by Gasteiger charge is 2.07. The Kier molecular flexibility index (Phi) is 6.58. The molecule has 1 rings (SSSR count). The van der Waals surface area contributed by atoms with Crippen molar-refractivity contribution in [2.45, 2.75) is 33.7 Å². The molecule has 0 fully saturated rings. The molecule has 0 spiro atoms. The van der Waals surface area contributed by atoms with Crippen molar-refractivity contribution >= 4 is 0 Å². The Balaban J connectivity index is 2.77. The third kappa shape index (κ3) is 4.22. The van der Waals surface area contributed by atoms with Crippen LogP contribution in [0.15, 0.2) is 18.2 Å². The van der Waals surface area contributed by atoms with Crippen molar-refractivity contribution in [3.05, 3.63) is 23.8 Å². The van der Waals surface area contributed by atoms with Gasteiger partial charge in [-0.2, -0.15) is 0 Å². The smallest absolute Gasteiger partial charge is 0.161 e. The molecule has 0 radical (unpaired) electrons. The second kappa shape index (κ2) is 7.98. The van der Waals surface area contributed by atoms with Crippen molar-refractivity contribution < 1.29 is 9.47 Å². The molecule has 1 aromatic carbocycles. The molecule has 1 aromatic rings. The summed E-state index contributed by atoms with van der Waals surface area (Å²) in [5, 5.41) is 0. The van der Waals surface area contributed by atoms with E-state index in [0.29, 0.717) is 0 Å². The number of hydrogen-bond donors (Lipinski definition) is 0. The number of nitrogens with zero attached hydrogens (tertiary/aromatic N) is 1. The summed E-state index contributed by atoms with van der Waals surface area (Å²) >= 11 is 0. The van der Waals surface area contributed by atoms with E-state index in [4.69, 9.17) is 9.47 Å². The Morgan fingerprint density at radius 1 is 1.06 bits per heavy atom. The van der Waals surface area contributed by atoms with Gasteiger partial charge in [0.25, 0.3) is 0 Å². The van der Waals surface area contributed by atoms with E-state index in [1.807, 2.05) is 6.07 Å². The Hall–Kier alpha value is -1.22. The number of methoxy groups -OCH3 is 1. The maximum Gasteiger partial charge on any atom is 0.161 e. The van der Waals surface area contributed by atoms with Crippen LogP contribution in [0.3, 0.4) is 0 Å². The van der Waals surface area contributed by atoms with Gasteiger partial charge in [-0.1, -0.05) is 26.8 Å². The SMILES string of the molecule is CCCOc1ccc(CN(CC)CC)cc1OC. The molecule has 0 N–H and O–H groups in total. The molecule has 0 saturated heterocycles. The van der Waals surface area contributed by atoms with Crippen LogP contribution in [0.2, 0.25) is 0 Å². The van der Waals surface area contributed by atoms with Crippen LogP contribution < -0.4 is 9.47 Å². The maximum absolute atomic E-state index is 5.65. The van der Waals surface area contributed by atoms with Crippen LogP contribution in [0.25, 0.3) is 0 Å². The summed E-state index contributed by atoms with van der Waals surface area (Å²) in [4.78, 5) is 2.38. The van der Waals surface area contributed by atoms with Gasteiger partial charge in [0.2, 0.25) is 0 Å². The zero-order valence-electron chi connectivity index (χ0n) is 12.0. The van der Waals surface area contributed by atoms with Crippen LogP contribution >= 0.6 is 0 Å². The quantitative estimate of drug-likeness (QED) is 0.707. The van der Waals surface area contributed by atoms with Gasteiger partial charge in [0.1, 0.15) is 0 Å². The van der Waals surface area contributed by atoms with Gasteiger partial charge in [-0.3, -0.25) is 4.90 Å². The van der Waals surface area contributed by atoms with Crippen LogP contribution in [0.1, 0.15) is 32.8 Å². The minimum absolute atomic E-state index is 0.728. The van der Waals surface area contributed by atoms with Gasteiger partial charge in [-0.05, 0) is 37.2 Å². The highest BCUT2D eigenvalue weighted by molar-refractivity contribution is 5.42. The average molecular weight is 251 g/mol. The van der Waals surface area contributed by atoms with E-state index in [1.54, 1.807) is 7.11 Å². The molecule has 0 atom stereocenters. The van der Waals surface area contributed by atoms with Gasteiger partial charge in [0.05, 0.1) is 13.7 Å². The molecule has 3 heteroatoms. The van der Waals surface area contributed by atoms with E-state index < -0.39 is 0 Å². The second-order valence-electron chi connectivity index (χ2n) is 4.30. The lowest BCUT2D eigenvalue weighted by atomic mass is 10.2. The van der Waals surface area contributed by atoms with E-state index in [1.165, 1.54) is 5.56 Å². The summed E-state index contributed by atoms with van der Waals surface area (Å²) in [5.41, 5.74) is 1.26. The van der Waals surface area contributed by atoms with Gasteiger partial charge in [-0.25, -0.2) is 0 Å². The van der Waals surface area contributed by atoms with Crippen molar-refractivity contribution in [3.8, 4) is 11.5 Å². The van der Waals surface area contributed by atoms with Crippen molar-refractivity contribution in [1.29, 1.82) is 0 Å². The first-order valence-electron chi connectivity index (χ1n) is 6.77. The summed E-state index contributed by atoms with van der Waals surface area (Å²) in [7, 11) is 1.69. The highest BCUT2D eigenvalue weighted by atomic mass is 16.5. The second-order valence-corrected chi connectivity index (χ2v) is 4.30. The van der Waals surface area contributed by atoms with Crippen LogP contribution in [0.5, 0.6) is 11.5 Å². The molecule has 18 heavy (non-hydrogen) atoms. The molecular weight excluding hydrogens is 226 g/mol. The molecule has 0 unspecified atom stereocenters. The fraction of sp³-hybridized carbons (Fsp3) is 0.600. The Morgan fingerprint density at radius 3 is 2.33 bits per heavy atom. The van der Waals surface area contributed by atoms with Gasteiger partial charge >= 0.3 is 0 Å². The minimum Gasteiger partial charge on any atom is -0.493 e. The molecule has 0 aromatic heterocycles. The topological polar surface area (TPSA) is 21.7 Å². The van der Waals surface area contributed by atoms with Crippen molar-refractivity contribution in [1.82, 2.24) is 4.90 Å². The lowest BCUT2D eigenvalue weighted by molar-refractivity contribution is 0.287. The third-order valence-corrected chi connectivity index (χ3v) is 2.99. The number of rotatable bonds is 8. The summed E-state index contributed by atoms with van der Waals surface area (Å²) in [6.07, 6.45) is 1.00. The van der Waals surface area contributed by atoms with Gasteiger partial charge in [0, 0.05) is 6.54 Å². The van der Waals surface area contributed by atoms with Gasteiger partial charge in [-0.15, -0.1) is 0 Å². The highest BCUT2D eigenvalue weighted by Crippen LogP contribution is 2.28.